The summed E-state index contributed by atoms with van der Waals surface area (Å²) in [6.07, 6.45) is 3.05. The molecule has 0 aromatic carbocycles. The number of carbonyl (C=O) groups is 1. The molecule has 0 fully saturated rings. The van der Waals surface area contributed by atoms with Crippen molar-refractivity contribution in [3.8, 4) is 0 Å². The molecule has 0 saturated heterocycles. The molecular formula is C9H10N2O2. The van der Waals surface area contributed by atoms with E-state index in [1.165, 1.54) is 13.0 Å². The third-order valence-corrected chi connectivity index (χ3v) is 1.58. The van der Waals surface area contributed by atoms with Crippen LogP contribution in [0.2, 0.25) is 0 Å². The van der Waals surface area contributed by atoms with Crippen molar-refractivity contribution in [2.75, 3.05) is 5.73 Å². The predicted octanol–water partition coefficient (Wildman–Crippen LogP) is 1.15. The molecule has 3 N–H and O–H groups in total. The maximum Gasteiger partial charge on any atom is 0.331 e. The van der Waals surface area contributed by atoms with Crippen LogP contribution in [0.3, 0.4) is 0 Å². The SMILES string of the molecule is C/C(=C\c1cccnc1N)C(=O)O. The molecule has 1 heterocycles. The fraction of sp³-hybridized carbons (Fsp3) is 0.111. The number of nitrogens with two attached hydrogens (primary N) is 1. The van der Waals surface area contributed by atoms with Crippen molar-refractivity contribution < 1.29 is 9.90 Å². The van der Waals surface area contributed by atoms with Gasteiger partial charge in [0.05, 0.1) is 0 Å². The summed E-state index contributed by atoms with van der Waals surface area (Å²) >= 11 is 0. The lowest BCUT2D eigenvalue weighted by Gasteiger charge is -1.98. The number of aromatic nitrogens is 1. The van der Waals surface area contributed by atoms with Crippen molar-refractivity contribution in [3.05, 3.63) is 29.5 Å². The van der Waals surface area contributed by atoms with Crippen LogP contribution in [0.25, 0.3) is 6.08 Å². The van der Waals surface area contributed by atoms with Gasteiger partial charge in [-0.3, -0.25) is 0 Å². The van der Waals surface area contributed by atoms with Gasteiger partial charge in [-0.2, -0.15) is 0 Å². The summed E-state index contributed by atoms with van der Waals surface area (Å²) in [7, 11) is 0. The molecule has 4 heteroatoms. The van der Waals surface area contributed by atoms with E-state index in [1.54, 1.807) is 18.3 Å². The summed E-state index contributed by atoms with van der Waals surface area (Å²) in [5, 5.41) is 8.60. The Morgan fingerprint density at radius 2 is 2.38 bits per heavy atom. The molecular weight excluding hydrogens is 168 g/mol. The van der Waals surface area contributed by atoms with E-state index in [0.717, 1.165) is 0 Å². The van der Waals surface area contributed by atoms with E-state index in [2.05, 4.69) is 4.98 Å². The molecule has 68 valence electrons. The largest absolute Gasteiger partial charge is 0.478 e. The zero-order valence-corrected chi connectivity index (χ0v) is 7.19. The zero-order chi connectivity index (χ0) is 9.84. The standard InChI is InChI=1S/C9H10N2O2/c1-6(9(12)13)5-7-3-2-4-11-8(7)10/h2-5H,1H3,(H2,10,11)(H,12,13)/b6-5+. The van der Waals surface area contributed by atoms with Crippen molar-refractivity contribution in [3.63, 3.8) is 0 Å². The first-order valence-electron chi connectivity index (χ1n) is 3.73. The topological polar surface area (TPSA) is 76.2 Å². The smallest absolute Gasteiger partial charge is 0.331 e. The van der Waals surface area contributed by atoms with Gasteiger partial charge in [-0.05, 0) is 25.1 Å². The fourth-order valence-electron chi connectivity index (χ4n) is 0.847. The Balaban J connectivity index is 3.04. The Hall–Kier alpha value is -1.84. The minimum absolute atomic E-state index is 0.236. The van der Waals surface area contributed by atoms with Gasteiger partial charge >= 0.3 is 5.97 Å². The molecule has 0 saturated carbocycles. The number of nitrogen functional groups attached to an aromatic ring is 1. The summed E-state index contributed by atoms with van der Waals surface area (Å²) in [4.78, 5) is 14.3. The van der Waals surface area contributed by atoms with Crippen LogP contribution >= 0.6 is 0 Å². The summed E-state index contributed by atoms with van der Waals surface area (Å²) < 4.78 is 0. The highest BCUT2D eigenvalue weighted by Crippen LogP contribution is 2.11. The van der Waals surface area contributed by atoms with Gasteiger partial charge in [0, 0.05) is 17.3 Å². The molecule has 0 radical (unpaired) electrons. The Labute approximate surface area is 75.7 Å². The number of pyridine rings is 1. The second kappa shape index (κ2) is 3.71. The molecule has 0 aliphatic rings. The van der Waals surface area contributed by atoms with Gasteiger partial charge in [0.25, 0.3) is 0 Å². The lowest BCUT2D eigenvalue weighted by Crippen LogP contribution is -1.97. The first-order chi connectivity index (χ1) is 6.11. The monoisotopic (exact) mass is 178 g/mol. The molecule has 0 atom stereocenters. The van der Waals surface area contributed by atoms with Crippen LogP contribution in [0.1, 0.15) is 12.5 Å². The number of anilines is 1. The van der Waals surface area contributed by atoms with E-state index in [4.69, 9.17) is 10.8 Å². The Bertz CT molecular complexity index is 358. The van der Waals surface area contributed by atoms with Crippen LogP contribution in [-0.2, 0) is 4.79 Å². The second-order valence-electron chi connectivity index (χ2n) is 2.61. The minimum Gasteiger partial charge on any atom is -0.478 e. The highest BCUT2D eigenvalue weighted by molar-refractivity contribution is 5.92. The third kappa shape index (κ3) is 2.30. The molecule has 0 unspecified atom stereocenters. The van der Waals surface area contributed by atoms with E-state index in [0.29, 0.717) is 11.4 Å². The molecule has 1 aromatic rings. The molecule has 1 aromatic heterocycles. The van der Waals surface area contributed by atoms with Gasteiger partial charge in [0.2, 0.25) is 0 Å². The first-order valence-corrected chi connectivity index (χ1v) is 3.73. The van der Waals surface area contributed by atoms with Crippen LogP contribution in [0.4, 0.5) is 5.82 Å². The van der Waals surface area contributed by atoms with Crippen LogP contribution < -0.4 is 5.73 Å². The van der Waals surface area contributed by atoms with Gasteiger partial charge in [-0.25, -0.2) is 9.78 Å². The van der Waals surface area contributed by atoms with Crippen LogP contribution in [0.5, 0.6) is 0 Å². The second-order valence-corrected chi connectivity index (χ2v) is 2.61. The molecule has 4 nitrogen and oxygen atoms in total. The van der Waals surface area contributed by atoms with E-state index in [-0.39, 0.29) is 5.57 Å². The fourth-order valence-corrected chi connectivity index (χ4v) is 0.847. The molecule has 0 spiro atoms. The molecule has 1 rings (SSSR count). The van der Waals surface area contributed by atoms with Gasteiger partial charge < -0.3 is 10.8 Å². The van der Waals surface area contributed by atoms with E-state index < -0.39 is 5.97 Å². The number of nitrogens with zero attached hydrogens (tertiary/aromatic N) is 1. The van der Waals surface area contributed by atoms with Crippen molar-refractivity contribution in [1.29, 1.82) is 0 Å². The molecule has 0 aliphatic heterocycles. The van der Waals surface area contributed by atoms with Crippen molar-refractivity contribution in [2.24, 2.45) is 0 Å². The predicted molar refractivity (Wildman–Crippen MR) is 49.9 cm³/mol. The summed E-state index contributed by atoms with van der Waals surface area (Å²) in [6.45, 7) is 1.51. The van der Waals surface area contributed by atoms with E-state index >= 15 is 0 Å². The molecule has 0 aliphatic carbocycles. The Morgan fingerprint density at radius 3 is 2.92 bits per heavy atom. The van der Waals surface area contributed by atoms with Crippen LogP contribution in [0, 0.1) is 0 Å². The van der Waals surface area contributed by atoms with Crippen molar-refractivity contribution in [2.45, 2.75) is 6.92 Å². The summed E-state index contributed by atoms with van der Waals surface area (Å²) in [5.74, 6) is -0.619. The minimum atomic E-state index is -0.955. The third-order valence-electron chi connectivity index (χ3n) is 1.58. The quantitative estimate of drug-likeness (QED) is 0.666. The number of aliphatic carboxylic acids is 1. The Morgan fingerprint density at radius 1 is 1.69 bits per heavy atom. The van der Waals surface area contributed by atoms with E-state index in [9.17, 15) is 4.79 Å². The number of carboxylic acids is 1. The van der Waals surface area contributed by atoms with Gasteiger partial charge in [0.1, 0.15) is 5.82 Å². The van der Waals surface area contributed by atoms with E-state index in [1.807, 2.05) is 0 Å². The summed E-state index contributed by atoms with van der Waals surface area (Å²) in [6, 6.07) is 3.42. The maximum atomic E-state index is 10.5. The maximum absolute atomic E-state index is 10.5. The van der Waals surface area contributed by atoms with Gasteiger partial charge in [-0.15, -0.1) is 0 Å². The lowest BCUT2D eigenvalue weighted by atomic mass is 10.2. The number of carboxylic acid groups (broad SMARTS) is 1. The normalized spacial score (nSPS) is 11.3. The van der Waals surface area contributed by atoms with Gasteiger partial charge in [0.15, 0.2) is 0 Å². The molecule has 0 bridgehead atoms. The first kappa shape index (κ1) is 9.25. The van der Waals surface area contributed by atoms with Crippen molar-refractivity contribution in [1.82, 2.24) is 4.98 Å². The highest BCUT2D eigenvalue weighted by atomic mass is 16.4. The average Bonchev–Trinajstić information content (AvgIpc) is 2.08. The number of hydrogen-bond acceptors (Lipinski definition) is 3. The zero-order valence-electron chi connectivity index (χ0n) is 7.19. The Kier molecular flexibility index (Phi) is 2.64. The van der Waals surface area contributed by atoms with Crippen LogP contribution in [0.15, 0.2) is 23.9 Å². The summed E-state index contributed by atoms with van der Waals surface area (Å²) in [5.41, 5.74) is 6.38. The number of hydrogen-bond donors (Lipinski definition) is 2. The number of rotatable bonds is 2. The van der Waals surface area contributed by atoms with Crippen LogP contribution in [-0.4, -0.2) is 16.1 Å². The lowest BCUT2D eigenvalue weighted by molar-refractivity contribution is -0.132. The van der Waals surface area contributed by atoms with Gasteiger partial charge in [-0.1, -0.05) is 0 Å². The molecule has 13 heavy (non-hydrogen) atoms. The van der Waals surface area contributed by atoms with Crippen molar-refractivity contribution >= 4 is 17.9 Å². The molecule has 0 amide bonds. The average molecular weight is 178 g/mol. The highest BCUT2D eigenvalue weighted by Gasteiger charge is 2.01.